The van der Waals surface area contributed by atoms with Crippen LogP contribution in [-0.4, -0.2) is 30.3 Å². The van der Waals surface area contributed by atoms with Gasteiger partial charge in [-0.05, 0) is 29.7 Å². The molecule has 0 bridgehead atoms. The Kier molecular flexibility index (Phi) is 7.55. The summed E-state index contributed by atoms with van der Waals surface area (Å²) in [6, 6.07) is 16.4. The molecule has 27 heavy (non-hydrogen) atoms. The van der Waals surface area contributed by atoms with Gasteiger partial charge in [-0.3, -0.25) is 14.4 Å². The highest BCUT2D eigenvalue weighted by atomic mass is 16.2. The number of nitrogens with one attached hydrogen (secondary N) is 3. The number of benzene rings is 2. The van der Waals surface area contributed by atoms with Gasteiger partial charge in [0, 0.05) is 32.5 Å². The van der Waals surface area contributed by atoms with Gasteiger partial charge in [-0.15, -0.1) is 0 Å². The standard InChI is InChI=1S/C21H25N3O3/c1-15(25)23-19-10-8-17(9-11-19)12-13-22-21(27)20(24-16(2)26)14-18-6-4-3-5-7-18/h3-11,20H,12-14H2,1-2H3,(H,22,27)(H,23,25)(H,24,26)/t20-/m0/s1. The minimum atomic E-state index is -0.605. The van der Waals surface area contributed by atoms with E-state index in [1.54, 1.807) is 0 Å². The normalized spacial score (nSPS) is 11.3. The summed E-state index contributed by atoms with van der Waals surface area (Å²) in [5, 5.41) is 8.31. The largest absolute Gasteiger partial charge is 0.354 e. The fourth-order valence-electron chi connectivity index (χ4n) is 2.72. The van der Waals surface area contributed by atoms with E-state index in [0.717, 1.165) is 16.8 Å². The van der Waals surface area contributed by atoms with Crippen molar-refractivity contribution >= 4 is 23.4 Å². The van der Waals surface area contributed by atoms with Crippen molar-refractivity contribution in [3.05, 3.63) is 65.7 Å². The van der Waals surface area contributed by atoms with Crippen molar-refractivity contribution in [2.24, 2.45) is 0 Å². The maximum absolute atomic E-state index is 12.5. The Labute approximate surface area is 159 Å². The van der Waals surface area contributed by atoms with Gasteiger partial charge in [0.2, 0.25) is 17.7 Å². The van der Waals surface area contributed by atoms with E-state index in [-0.39, 0.29) is 17.7 Å². The third-order valence-electron chi connectivity index (χ3n) is 3.96. The highest BCUT2D eigenvalue weighted by Crippen LogP contribution is 2.10. The quantitative estimate of drug-likeness (QED) is 0.667. The van der Waals surface area contributed by atoms with Crippen LogP contribution < -0.4 is 16.0 Å². The molecule has 3 N–H and O–H groups in total. The van der Waals surface area contributed by atoms with Gasteiger partial charge in [0.05, 0.1) is 0 Å². The molecule has 1 atom stereocenters. The lowest BCUT2D eigenvalue weighted by molar-refractivity contribution is -0.128. The summed E-state index contributed by atoms with van der Waals surface area (Å²) in [5.74, 6) is -0.555. The van der Waals surface area contributed by atoms with Crippen LogP contribution in [0.2, 0.25) is 0 Å². The number of amides is 3. The molecular weight excluding hydrogens is 342 g/mol. The van der Waals surface area contributed by atoms with Gasteiger partial charge in [0.25, 0.3) is 0 Å². The zero-order chi connectivity index (χ0) is 19.6. The second-order valence-corrected chi connectivity index (χ2v) is 6.36. The highest BCUT2D eigenvalue weighted by molar-refractivity contribution is 5.88. The molecule has 2 aromatic carbocycles. The number of hydrogen-bond acceptors (Lipinski definition) is 3. The van der Waals surface area contributed by atoms with Crippen LogP contribution in [0.25, 0.3) is 0 Å². The van der Waals surface area contributed by atoms with Crippen LogP contribution in [0.4, 0.5) is 5.69 Å². The lowest BCUT2D eigenvalue weighted by Crippen LogP contribution is -2.47. The Bertz CT molecular complexity index is 773. The molecule has 0 spiro atoms. The zero-order valence-electron chi connectivity index (χ0n) is 15.6. The molecule has 2 aromatic rings. The molecule has 6 heteroatoms. The summed E-state index contributed by atoms with van der Waals surface area (Å²) in [6.07, 6.45) is 1.10. The van der Waals surface area contributed by atoms with Gasteiger partial charge < -0.3 is 16.0 Å². The Morgan fingerprint density at radius 2 is 1.52 bits per heavy atom. The number of hydrogen-bond donors (Lipinski definition) is 3. The number of carbonyl (C=O) groups excluding carboxylic acids is 3. The second-order valence-electron chi connectivity index (χ2n) is 6.36. The van der Waals surface area contributed by atoms with Crippen LogP contribution >= 0.6 is 0 Å². The summed E-state index contributed by atoms with van der Waals surface area (Å²) in [4.78, 5) is 34.9. The van der Waals surface area contributed by atoms with Crippen molar-refractivity contribution < 1.29 is 14.4 Å². The topological polar surface area (TPSA) is 87.3 Å². The zero-order valence-corrected chi connectivity index (χ0v) is 15.6. The van der Waals surface area contributed by atoms with Crippen molar-refractivity contribution in [3.8, 4) is 0 Å². The Balaban J connectivity index is 1.87. The summed E-state index contributed by atoms with van der Waals surface area (Å²) < 4.78 is 0. The second kappa shape index (κ2) is 10.1. The summed E-state index contributed by atoms with van der Waals surface area (Å²) in [6.45, 7) is 3.33. The molecule has 6 nitrogen and oxygen atoms in total. The molecule has 0 aliphatic carbocycles. The van der Waals surface area contributed by atoms with E-state index in [1.165, 1.54) is 13.8 Å². The first kappa shape index (κ1) is 20.2. The summed E-state index contributed by atoms with van der Waals surface area (Å²) in [5.41, 5.74) is 2.77. The Morgan fingerprint density at radius 1 is 0.852 bits per heavy atom. The molecule has 0 saturated carbocycles. The van der Waals surface area contributed by atoms with Gasteiger partial charge >= 0.3 is 0 Å². The van der Waals surface area contributed by atoms with Crippen LogP contribution in [0.5, 0.6) is 0 Å². The molecule has 0 fully saturated rings. The van der Waals surface area contributed by atoms with E-state index < -0.39 is 6.04 Å². The summed E-state index contributed by atoms with van der Waals surface area (Å²) >= 11 is 0. The first-order chi connectivity index (χ1) is 12.9. The fraction of sp³-hybridized carbons (Fsp3) is 0.286. The van der Waals surface area contributed by atoms with E-state index in [9.17, 15) is 14.4 Å². The van der Waals surface area contributed by atoms with Crippen LogP contribution in [0.1, 0.15) is 25.0 Å². The third kappa shape index (κ3) is 7.32. The van der Waals surface area contributed by atoms with Crippen molar-refractivity contribution in [2.45, 2.75) is 32.7 Å². The van der Waals surface area contributed by atoms with Crippen LogP contribution in [0.15, 0.2) is 54.6 Å². The van der Waals surface area contributed by atoms with Crippen LogP contribution in [0.3, 0.4) is 0 Å². The number of carbonyl (C=O) groups is 3. The van der Waals surface area contributed by atoms with E-state index in [2.05, 4.69) is 16.0 Å². The van der Waals surface area contributed by atoms with E-state index >= 15 is 0 Å². The smallest absolute Gasteiger partial charge is 0.242 e. The molecular formula is C21H25N3O3. The molecule has 2 rings (SSSR count). The Hall–Kier alpha value is -3.15. The number of anilines is 1. The van der Waals surface area contributed by atoms with Crippen molar-refractivity contribution in [2.75, 3.05) is 11.9 Å². The molecule has 142 valence electrons. The predicted octanol–water partition coefficient (Wildman–Crippen LogP) is 2.05. The van der Waals surface area contributed by atoms with Gasteiger partial charge in [0.15, 0.2) is 0 Å². The van der Waals surface area contributed by atoms with Gasteiger partial charge in [-0.25, -0.2) is 0 Å². The van der Waals surface area contributed by atoms with Crippen molar-refractivity contribution in [1.29, 1.82) is 0 Å². The first-order valence-electron chi connectivity index (χ1n) is 8.89. The van der Waals surface area contributed by atoms with E-state index in [1.807, 2.05) is 54.6 Å². The highest BCUT2D eigenvalue weighted by Gasteiger charge is 2.19. The minimum absolute atomic E-state index is 0.113. The monoisotopic (exact) mass is 367 g/mol. The lowest BCUT2D eigenvalue weighted by Gasteiger charge is -2.18. The lowest BCUT2D eigenvalue weighted by atomic mass is 10.0. The van der Waals surface area contributed by atoms with E-state index in [4.69, 9.17) is 0 Å². The third-order valence-corrected chi connectivity index (χ3v) is 3.96. The van der Waals surface area contributed by atoms with Gasteiger partial charge in [-0.1, -0.05) is 42.5 Å². The summed E-state index contributed by atoms with van der Waals surface area (Å²) in [7, 11) is 0. The molecule has 0 saturated heterocycles. The average molecular weight is 367 g/mol. The van der Waals surface area contributed by atoms with E-state index in [0.29, 0.717) is 19.4 Å². The minimum Gasteiger partial charge on any atom is -0.354 e. The molecule has 3 amide bonds. The average Bonchev–Trinajstić information content (AvgIpc) is 2.62. The van der Waals surface area contributed by atoms with Crippen LogP contribution in [0, 0.1) is 0 Å². The van der Waals surface area contributed by atoms with Crippen molar-refractivity contribution in [1.82, 2.24) is 10.6 Å². The Morgan fingerprint density at radius 3 is 2.11 bits per heavy atom. The molecule has 0 aliphatic heterocycles. The predicted molar refractivity (Wildman–Crippen MR) is 105 cm³/mol. The van der Waals surface area contributed by atoms with Crippen LogP contribution in [-0.2, 0) is 27.2 Å². The van der Waals surface area contributed by atoms with Gasteiger partial charge in [0.1, 0.15) is 6.04 Å². The first-order valence-corrected chi connectivity index (χ1v) is 8.89. The molecule has 0 radical (unpaired) electrons. The van der Waals surface area contributed by atoms with Crippen molar-refractivity contribution in [3.63, 3.8) is 0 Å². The molecule has 0 aromatic heterocycles. The van der Waals surface area contributed by atoms with Gasteiger partial charge in [-0.2, -0.15) is 0 Å². The maximum atomic E-state index is 12.5. The molecule has 0 heterocycles. The SMILES string of the molecule is CC(=O)Nc1ccc(CCNC(=O)[C@H](Cc2ccccc2)NC(C)=O)cc1. The molecule has 0 unspecified atom stereocenters. The fourth-order valence-corrected chi connectivity index (χ4v) is 2.72. The number of rotatable bonds is 8. The molecule has 0 aliphatic rings. The maximum Gasteiger partial charge on any atom is 0.242 e.